The van der Waals surface area contributed by atoms with Crippen molar-refractivity contribution in [3.05, 3.63) is 81.4 Å². The molecular weight excluding hydrogens is 610 g/mol. The van der Waals surface area contributed by atoms with Crippen LogP contribution in [0.15, 0.2) is 53.5 Å². The summed E-state index contributed by atoms with van der Waals surface area (Å²) in [6, 6.07) is 10.9. The van der Waals surface area contributed by atoms with Gasteiger partial charge in [0, 0.05) is 28.7 Å². The van der Waals surface area contributed by atoms with Gasteiger partial charge in [-0.2, -0.15) is 13.5 Å². The van der Waals surface area contributed by atoms with Crippen LogP contribution in [0.1, 0.15) is 24.9 Å². The molecule has 218 valence electrons. The van der Waals surface area contributed by atoms with Gasteiger partial charge in [-0.1, -0.05) is 34.3 Å². The molecule has 2 N–H and O–H groups in total. The van der Waals surface area contributed by atoms with Crippen molar-refractivity contribution in [2.45, 2.75) is 32.2 Å². The second-order valence-corrected chi connectivity index (χ2v) is 9.65. The molecule has 2 aromatic carbocycles. The molecule has 0 saturated heterocycles. The summed E-state index contributed by atoms with van der Waals surface area (Å²) >= 11 is 13.0. The number of amides is 2. The molecule has 2 amide bonds. The van der Waals surface area contributed by atoms with Crippen molar-refractivity contribution in [1.29, 1.82) is 0 Å². The van der Waals surface area contributed by atoms with Gasteiger partial charge >= 0.3 is 24.2 Å². The molecule has 4 aromatic rings. The molecular formula is C24H22Cl2F3N7O4S. The molecule has 0 aliphatic carbocycles. The van der Waals surface area contributed by atoms with E-state index < -0.39 is 29.4 Å². The number of urea groups is 1. The van der Waals surface area contributed by atoms with Gasteiger partial charge in [-0.15, -0.1) is 21.8 Å². The van der Waals surface area contributed by atoms with Crippen molar-refractivity contribution < 1.29 is 27.5 Å². The lowest BCUT2D eigenvalue weighted by molar-refractivity contribution is -0.142. The maximum Gasteiger partial charge on any atom is 0.355 e. The number of nitrogens with zero attached hydrogens (tertiary/aromatic N) is 5. The van der Waals surface area contributed by atoms with Crippen LogP contribution >= 0.6 is 34.7 Å². The standard InChI is InChI=1S/C15H14Cl2F3N3O3.C9H8N4OS/c1-3-26-13(24)10(17)4-8-5-12(11(18)6-9(8)16)23-15(25)22(14(19)20)7(2)21-23;14-9(12-8-6-10-13-15-8)11-7-4-2-1-3-5-7/h5-6,10,14H,3-4H2,1-2H3;1-6H,(H2,11,12,14). The number of hydrogen-bond donors (Lipinski definition) is 2. The van der Waals surface area contributed by atoms with E-state index in [0.29, 0.717) is 9.68 Å². The first-order chi connectivity index (χ1) is 19.5. The number of carbonyl (C=O) groups excluding carboxylic acids is 2. The van der Waals surface area contributed by atoms with Gasteiger partial charge in [-0.05, 0) is 43.7 Å². The van der Waals surface area contributed by atoms with E-state index in [1.165, 1.54) is 13.1 Å². The molecule has 0 saturated carbocycles. The van der Waals surface area contributed by atoms with Gasteiger partial charge in [-0.3, -0.25) is 10.1 Å². The van der Waals surface area contributed by atoms with E-state index in [2.05, 4.69) is 25.3 Å². The highest BCUT2D eigenvalue weighted by Crippen LogP contribution is 2.25. The molecule has 1 atom stereocenters. The lowest BCUT2D eigenvalue weighted by atomic mass is 10.1. The number of anilines is 2. The Bertz CT molecular complexity index is 1540. The van der Waals surface area contributed by atoms with Crippen LogP contribution in [0.5, 0.6) is 0 Å². The summed E-state index contributed by atoms with van der Waals surface area (Å²) in [7, 11) is 0. The third kappa shape index (κ3) is 8.52. The smallest absolute Gasteiger partial charge is 0.355 e. The first kappa shape index (κ1) is 31.6. The molecule has 41 heavy (non-hydrogen) atoms. The molecule has 11 nitrogen and oxygen atoms in total. The van der Waals surface area contributed by atoms with Gasteiger partial charge in [0.15, 0.2) is 5.82 Å². The summed E-state index contributed by atoms with van der Waals surface area (Å²) in [5, 5.41) is 12.0. The average Bonchev–Trinajstić information content (AvgIpc) is 3.53. The summed E-state index contributed by atoms with van der Waals surface area (Å²) in [6.45, 7) is -0.195. The van der Waals surface area contributed by atoms with Gasteiger partial charge in [0.05, 0.1) is 12.8 Å². The van der Waals surface area contributed by atoms with Gasteiger partial charge in [0.25, 0.3) is 0 Å². The molecule has 0 aliphatic rings. The van der Waals surface area contributed by atoms with Crippen molar-refractivity contribution in [1.82, 2.24) is 23.9 Å². The Balaban J connectivity index is 0.000000260. The molecule has 1 unspecified atom stereocenters. The fourth-order valence-electron chi connectivity index (χ4n) is 3.28. The number of hydrogen-bond acceptors (Lipinski definition) is 8. The number of rotatable bonds is 8. The van der Waals surface area contributed by atoms with Gasteiger partial charge in [-0.25, -0.2) is 18.5 Å². The van der Waals surface area contributed by atoms with Crippen molar-refractivity contribution in [2.75, 3.05) is 17.2 Å². The van der Waals surface area contributed by atoms with Crippen LogP contribution in [0.4, 0.5) is 28.7 Å². The first-order valence-electron chi connectivity index (χ1n) is 11.7. The van der Waals surface area contributed by atoms with E-state index in [1.807, 2.05) is 30.3 Å². The minimum atomic E-state index is -3.12. The predicted molar refractivity (Wildman–Crippen MR) is 148 cm³/mol. The fraction of sp³-hybridized carbons (Fsp3) is 0.250. The third-order valence-electron chi connectivity index (χ3n) is 5.09. The summed E-state index contributed by atoms with van der Waals surface area (Å²) in [5.74, 6) is -1.92. The molecule has 0 fully saturated rings. The monoisotopic (exact) mass is 631 g/mol. The molecule has 0 bridgehead atoms. The zero-order valence-electron chi connectivity index (χ0n) is 21.4. The minimum Gasteiger partial charge on any atom is -0.465 e. The molecule has 0 spiro atoms. The number of aryl methyl sites for hydroxylation is 1. The average molecular weight is 632 g/mol. The van der Waals surface area contributed by atoms with E-state index in [1.54, 1.807) is 6.92 Å². The SMILES string of the molecule is CCOC(=O)C(Cl)Cc1cc(-n2nc(C)n(C(F)F)c2=O)c(F)cc1Cl.O=C(Nc1ccccc1)Nc1cnns1. The van der Waals surface area contributed by atoms with Crippen LogP contribution < -0.4 is 16.3 Å². The number of ether oxygens (including phenoxy) is 1. The summed E-state index contributed by atoms with van der Waals surface area (Å²) < 4.78 is 49.1. The summed E-state index contributed by atoms with van der Waals surface area (Å²) in [5.41, 5.74) is -0.623. The van der Waals surface area contributed by atoms with Gasteiger partial charge in [0.1, 0.15) is 21.9 Å². The van der Waals surface area contributed by atoms with Crippen molar-refractivity contribution in [3.8, 4) is 5.69 Å². The Kier molecular flexibility index (Phi) is 11.3. The van der Waals surface area contributed by atoms with Crippen molar-refractivity contribution in [2.24, 2.45) is 0 Å². The molecule has 2 aromatic heterocycles. The second kappa shape index (κ2) is 14.6. The normalized spacial score (nSPS) is 11.4. The number of nitrogens with one attached hydrogen (secondary N) is 2. The Morgan fingerprint density at radius 2 is 1.88 bits per heavy atom. The zero-order valence-corrected chi connectivity index (χ0v) is 23.7. The fourth-order valence-corrected chi connectivity index (χ4v) is 4.16. The number of aromatic nitrogens is 5. The van der Waals surface area contributed by atoms with Crippen LogP contribution in [-0.4, -0.2) is 47.9 Å². The number of para-hydroxylation sites is 1. The molecule has 4 rings (SSSR count). The Hall–Kier alpha value is -3.95. The molecule has 17 heteroatoms. The van der Waals surface area contributed by atoms with E-state index in [-0.39, 0.29) is 45.7 Å². The van der Waals surface area contributed by atoms with E-state index >= 15 is 0 Å². The van der Waals surface area contributed by atoms with E-state index in [0.717, 1.165) is 29.4 Å². The number of halogens is 5. The van der Waals surface area contributed by atoms with E-state index in [4.69, 9.17) is 27.9 Å². The summed E-state index contributed by atoms with van der Waals surface area (Å²) in [4.78, 5) is 35.1. The molecule has 2 heterocycles. The third-order valence-corrected chi connectivity index (χ3v) is 6.36. The van der Waals surface area contributed by atoms with Crippen LogP contribution in [0.25, 0.3) is 5.69 Å². The number of esters is 1. The molecule has 0 radical (unpaired) electrons. The first-order valence-corrected chi connectivity index (χ1v) is 13.3. The largest absolute Gasteiger partial charge is 0.465 e. The Morgan fingerprint density at radius 3 is 2.46 bits per heavy atom. The minimum absolute atomic E-state index is 0.0424. The topological polar surface area (TPSA) is 133 Å². The highest BCUT2D eigenvalue weighted by Gasteiger charge is 2.23. The highest BCUT2D eigenvalue weighted by atomic mass is 35.5. The zero-order chi connectivity index (χ0) is 30.1. The predicted octanol–water partition coefficient (Wildman–Crippen LogP) is 5.43. The van der Waals surface area contributed by atoms with E-state index in [9.17, 15) is 27.6 Å². The quantitative estimate of drug-likeness (QED) is 0.196. The number of carbonyl (C=O) groups is 2. The lowest BCUT2D eigenvalue weighted by Gasteiger charge is -2.12. The maximum atomic E-state index is 14.2. The van der Waals surface area contributed by atoms with Crippen LogP contribution in [-0.2, 0) is 16.0 Å². The van der Waals surface area contributed by atoms with Gasteiger partial charge in [0.2, 0.25) is 0 Å². The number of alkyl halides is 3. The Morgan fingerprint density at radius 1 is 1.17 bits per heavy atom. The highest BCUT2D eigenvalue weighted by molar-refractivity contribution is 7.10. The summed E-state index contributed by atoms with van der Waals surface area (Å²) in [6.07, 6.45) is 1.38. The van der Waals surface area contributed by atoms with Crippen molar-refractivity contribution >= 4 is 57.4 Å². The van der Waals surface area contributed by atoms with Gasteiger partial charge < -0.3 is 10.1 Å². The second-order valence-electron chi connectivity index (χ2n) is 7.93. The number of benzene rings is 2. The van der Waals surface area contributed by atoms with Crippen LogP contribution in [0.3, 0.4) is 0 Å². The van der Waals surface area contributed by atoms with Crippen molar-refractivity contribution in [3.63, 3.8) is 0 Å². The maximum absolute atomic E-state index is 14.2. The van der Waals surface area contributed by atoms with Crippen LogP contribution in [0.2, 0.25) is 5.02 Å². The lowest BCUT2D eigenvalue weighted by Crippen LogP contribution is -2.25. The Labute approximate surface area is 245 Å². The molecule has 0 aliphatic heterocycles. The van der Waals surface area contributed by atoms with Crippen LogP contribution in [0, 0.1) is 12.7 Å².